The Morgan fingerprint density at radius 1 is 1.10 bits per heavy atom. The van der Waals surface area contributed by atoms with Gasteiger partial charge in [-0.05, 0) is 50.1 Å². The number of pyridine rings is 1. The molecule has 0 atom stereocenters. The minimum absolute atomic E-state index is 0.897. The molecule has 0 saturated heterocycles. The molecule has 0 radical (unpaired) electrons. The number of rotatable bonds is 6. The van der Waals surface area contributed by atoms with Gasteiger partial charge in [0.25, 0.3) is 0 Å². The Balaban J connectivity index is 2.27. The van der Waals surface area contributed by atoms with E-state index in [1.807, 2.05) is 6.07 Å². The Morgan fingerprint density at radius 3 is 2.60 bits per heavy atom. The van der Waals surface area contributed by atoms with Crippen LogP contribution in [0.3, 0.4) is 0 Å². The van der Waals surface area contributed by atoms with E-state index in [1.165, 1.54) is 11.3 Å². The molecule has 0 aliphatic heterocycles. The minimum atomic E-state index is 0.897. The van der Waals surface area contributed by atoms with Gasteiger partial charge < -0.3 is 10.2 Å². The van der Waals surface area contributed by atoms with Gasteiger partial charge in [0.15, 0.2) is 0 Å². The fraction of sp³-hybridized carbons (Fsp3) is 0.353. The van der Waals surface area contributed by atoms with E-state index in [0.717, 1.165) is 31.1 Å². The molecule has 0 fully saturated rings. The van der Waals surface area contributed by atoms with Crippen molar-refractivity contribution in [3.63, 3.8) is 0 Å². The molecule has 106 valence electrons. The van der Waals surface area contributed by atoms with E-state index in [0.29, 0.717) is 0 Å². The first-order chi connectivity index (χ1) is 9.74. The summed E-state index contributed by atoms with van der Waals surface area (Å²) in [5.41, 5.74) is 2.45. The lowest BCUT2D eigenvalue weighted by molar-refractivity contribution is 0.955. The quantitative estimate of drug-likeness (QED) is 0.844. The molecule has 0 aliphatic carbocycles. The summed E-state index contributed by atoms with van der Waals surface area (Å²) in [6.45, 7) is 8.27. The van der Waals surface area contributed by atoms with Crippen LogP contribution in [-0.4, -0.2) is 18.1 Å². The molecule has 1 heterocycles. The van der Waals surface area contributed by atoms with Crippen LogP contribution in [0.1, 0.15) is 25.8 Å². The second-order valence-electron chi connectivity index (χ2n) is 4.89. The van der Waals surface area contributed by atoms with Crippen molar-refractivity contribution in [2.75, 3.05) is 23.3 Å². The standard InChI is InChI=1S/C17H23N3/c1-4-12-18-16-10-7-11-17(19-16)20(5-2)15-9-6-8-14(3)13-15/h6-11,13H,4-5,12H2,1-3H3,(H,18,19). The number of aryl methyl sites for hydroxylation is 1. The van der Waals surface area contributed by atoms with E-state index < -0.39 is 0 Å². The van der Waals surface area contributed by atoms with E-state index in [-0.39, 0.29) is 0 Å². The number of aromatic nitrogens is 1. The number of hydrogen-bond donors (Lipinski definition) is 1. The van der Waals surface area contributed by atoms with Gasteiger partial charge in [-0.2, -0.15) is 0 Å². The average molecular weight is 269 g/mol. The van der Waals surface area contributed by atoms with Crippen molar-refractivity contribution in [1.29, 1.82) is 0 Å². The summed E-state index contributed by atoms with van der Waals surface area (Å²) in [5, 5.41) is 3.34. The van der Waals surface area contributed by atoms with Gasteiger partial charge in [-0.1, -0.05) is 25.1 Å². The Hall–Kier alpha value is -2.03. The highest BCUT2D eigenvalue weighted by Crippen LogP contribution is 2.25. The monoisotopic (exact) mass is 269 g/mol. The van der Waals surface area contributed by atoms with E-state index >= 15 is 0 Å². The van der Waals surface area contributed by atoms with E-state index in [9.17, 15) is 0 Å². The minimum Gasteiger partial charge on any atom is -0.370 e. The number of nitrogens with zero attached hydrogens (tertiary/aromatic N) is 2. The summed E-state index contributed by atoms with van der Waals surface area (Å²) in [6.07, 6.45) is 1.10. The first kappa shape index (κ1) is 14.4. The molecule has 0 unspecified atom stereocenters. The fourth-order valence-corrected chi connectivity index (χ4v) is 2.20. The molecule has 2 aromatic rings. The predicted molar refractivity (Wildman–Crippen MR) is 86.9 cm³/mol. The maximum absolute atomic E-state index is 4.70. The van der Waals surface area contributed by atoms with Crippen molar-refractivity contribution in [2.45, 2.75) is 27.2 Å². The first-order valence-corrected chi connectivity index (χ1v) is 7.29. The number of anilines is 3. The summed E-state index contributed by atoms with van der Waals surface area (Å²) in [6, 6.07) is 14.7. The first-order valence-electron chi connectivity index (χ1n) is 7.29. The van der Waals surface area contributed by atoms with Crippen LogP contribution in [-0.2, 0) is 0 Å². The van der Waals surface area contributed by atoms with Crippen molar-refractivity contribution in [3.8, 4) is 0 Å². The maximum atomic E-state index is 4.70. The second-order valence-corrected chi connectivity index (χ2v) is 4.89. The molecule has 3 heteroatoms. The normalized spacial score (nSPS) is 10.3. The molecule has 0 aliphatic rings. The van der Waals surface area contributed by atoms with E-state index in [1.54, 1.807) is 0 Å². The van der Waals surface area contributed by atoms with Crippen molar-refractivity contribution in [3.05, 3.63) is 48.0 Å². The third-order valence-corrected chi connectivity index (χ3v) is 3.20. The van der Waals surface area contributed by atoms with Crippen LogP contribution >= 0.6 is 0 Å². The lowest BCUT2D eigenvalue weighted by atomic mass is 10.2. The zero-order valence-corrected chi connectivity index (χ0v) is 12.6. The zero-order valence-electron chi connectivity index (χ0n) is 12.6. The number of benzene rings is 1. The van der Waals surface area contributed by atoms with Crippen LogP contribution in [0.4, 0.5) is 17.3 Å². The van der Waals surface area contributed by atoms with Crippen molar-refractivity contribution >= 4 is 17.3 Å². The van der Waals surface area contributed by atoms with Crippen LogP contribution in [0.15, 0.2) is 42.5 Å². The SMILES string of the molecule is CCCNc1cccc(N(CC)c2cccc(C)c2)n1. The molecule has 2 rings (SSSR count). The Kier molecular flexibility index (Phi) is 4.99. The van der Waals surface area contributed by atoms with Crippen LogP contribution < -0.4 is 10.2 Å². The van der Waals surface area contributed by atoms with Gasteiger partial charge in [-0.15, -0.1) is 0 Å². The summed E-state index contributed by atoms with van der Waals surface area (Å²) in [5.74, 6) is 1.93. The van der Waals surface area contributed by atoms with Gasteiger partial charge >= 0.3 is 0 Å². The Morgan fingerprint density at radius 2 is 1.90 bits per heavy atom. The van der Waals surface area contributed by atoms with E-state index in [2.05, 4.69) is 67.4 Å². The topological polar surface area (TPSA) is 28.2 Å². The third kappa shape index (κ3) is 3.50. The summed E-state index contributed by atoms with van der Waals surface area (Å²) < 4.78 is 0. The van der Waals surface area contributed by atoms with Gasteiger partial charge in [-0.25, -0.2) is 4.98 Å². The fourth-order valence-electron chi connectivity index (χ4n) is 2.20. The van der Waals surface area contributed by atoms with Crippen molar-refractivity contribution in [1.82, 2.24) is 4.98 Å². The maximum Gasteiger partial charge on any atom is 0.135 e. The van der Waals surface area contributed by atoms with Gasteiger partial charge in [0.1, 0.15) is 11.6 Å². The third-order valence-electron chi connectivity index (χ3n) is 3.20. The van der Waals surface area contributed by atoms with E-state index in [4.69, 9.17) is 4.98 Å². The average Bonchev–Trinajstić information content (AvgIpc) is 2.46. The molecule has 3 nitrogen and oxygen atoms in total. The smallest absolute Gasteiger partial charge is 0.135 e. The zero-order chi connectivity index (χ0) is 14.4. The molecule has 20 heavy (non-hydrogen) atoms. The molecule has 0 saturated carbocycles. The molecule has 1 aromatic carbocycles. The van der Waals surface area contributed by atoms with Gasteiger partial charge in [0.2, 0.25) is 0 Å². The largest absolute Gasteiger partial charge is 0.370 e. The molecule has 0 bridgehead atoms. The molecule has 0 amide bonds. The van der Waals surface area contributed by atoms with Crippen LogP contribution in [0.25, 0.3) is 0 Å². The Bertz CT molecular complexity index is 551. The van der Waals surface area contributed by atoms with Crippen molar-refractivity contribution < 1.29 is 0 Å². The van der Waals surface area contributed by atoms with Crippen LogP contribution in [0.5, 0.6) is 0 Å². The van der Waals surface area contributed by atoms with Crippen LogP contribution in [0.2, 0.25) is 0 Å². The molecule has 0 spiro atoms. The van der Waals surface area contributed by atoms with Gasteiger partial charge in [0.05, 0.1) is 0 Å². The van der Waals surface area contributed by atoms with Crippen LogP contribution in [0, 0.1) is 6.92 Å². The van der Waals surface area contributed by atoms with Gasteiger partial charge in [-0.3, -0.25) is 0 Å². The highest BCUT2D eigenvalue weighted by molar-refractivity contribution is 5.62. The summed E-state index contributed by atoms with van der Waals surface area (Å²) >= 11 is 0. The Labute approximate surface area is 121 Å². The molecule has 1 N–H and O–H groups in total. The number of hydrogen-bond acceptors (Lipinski definition) is 3. The lowest BCUT2D eigenvalue weighted by Gasteiger charge is -2.23. The second kappa shape index (κ2) is 6.94. The highest BCUT2D eigenvalue weighted by Gasteiger charge is 2.09. The highest BCUT2D eigenvalue weighted by atomic mass is 15.2. The number of nitrogens with one attached hydrogen (secondary N) is 1. The summed E-state index contributed by atoms with van der Waals surface area (Å²) in [7, 11) is 0. The van der Waals surface area contributed by atoms with Gasteiger partial charge in [0, 0.05) is 18.8 Å². The lowest BCUT2D eigenvalue weighted by Crippen LogP contribution is -2.18. The predicted octanol–water partition coefficient (Wildman–Crippen LogP) is 4.37. The molecular weight excluding hydrogens is 246 g/mol. The summed E-state index contributed by atoms with van der Waals surface area (Å²) in [4.78, 5) is 6.93. The molecule has 1 aromatic heterocycles. The van der Waals surface area contributed by atoms with Crippen molar-refractivity contribution in [2.24, 2.45) is 0 Å². The molecular formula is C17H23N3.